The van der Waals surface area contributed by atoms with Crippen LogP contribution in [0.2, 0.25) is 0 Å². The molecule has 0 radical (unpaired) electrons. The van der Waals surface area contributed by atoms with Crippen molar-refractivity contribution in [2.45, 2.75) is 0 Å². The van der Waals surface area contributed by atoms with Gasteiger partial charge in [0.25, 0.3) is 0 Å². The molecule has 2 nitrogen and oxygen atoms in total. The van der Waals surface area contributed by atoms with Crippen LogP contribution in [0.15, 0.2) is 267 Å². The average Bonchev–Trinajstić information content (AvgIpc) is 3.86. The Morgan fingerprint density at radius 2 is 0.616 bits per heavy atom. The van der Waals surface area contributed by atoms with E-state index in [-0.39, 0.29) is 0 Å². The number of benzene rings is 12. The summed E-state index contributed by atoms with van der Waals surface area (Å²) >= 11 is 1.89. The molecule has 0 unspecified atom stereocenters. The van der Waals surface area contributed by atoms with Gasteiger partial charge in [0.15, 0.2) is 0 Å². The Hall–Kier alpha value is -9.28. The minimum Gasteiger partial charge on any atom is -0.252 e. The maximum Gasteiger partial charge on any atom is 0.0979 e. The highest BCUT2D eigenvalue weighted by Crippen LogP contribution is 2.49. The van der Waals surface area contributed by atoms with E-state index in [9.17, 15) is 0 Å². The molecule has 0 saturated carbocycles. The van der Waals surface area contributed by atoms with Crippen LogP contribution in [0.1, 0.15) is 0 Å². The smallest absolute Gasteiger partial charge is 0.0979 e. The van der Waals surface area contributed by atoms with Gasteiger partial charge in [-0.1, -0.05) is 218 Å². The molecule has 0 spiro atoms. The minimum absolute atomic E-state index is 0.841. The Balaban J connectivity index is 1.05. The molecule has 0 N–H and O–H groups in total. The second-order valence-corrected chi connectivity index (χ2v) is 19.9. The van der Waals surface area contributed by atoms with E-state index in [1.807, 2.05) is 17.5 Å². The highest BCUT2D eigenvalue weighted by Gasteiger charge is 2.22. The van der Waals surface area contributed by atoms with Gasteiger partial charge in [-0.15, -0.1) is 11.3 Å². The number of fused-ring (bicyclic) bond motifs is 9. The normalized spacial score (nSPS) is 11.6. The lowest BCUT2D eigenvalue weighted by molar-refractivity contribution is 1.31. The van der Waals surface area contributed by atoms with Crippen molar-refractivity contribution in [3.63, 3.8) is 0 Å². The first-order valence-electron chi connectivity index (χ1n) is 24.9. The zero-order valence-electron chi connectivity index (χ0n) is 39.7. The highest BCUT2D eigenvalue weighted by atomic mass is 32.1. The predicted molar refractivity (Wildman–Crippen MR) is 311 cm³/mol. The van der Waals surface area contributed by atoms with E-state index in [2.05, 4.69) is 261 Å². The zero-order valence-corrected chi connectivity index (χ0v) is 40.5. The molecule has 0 atom stereocenters. The van der Waals surface area contributed by atoms with Gasteiger partial charge in [0.2, 0.25) is 0 Å². The van der Waals surface area contributed by atoms with E-state index in [4.69, 9.17) is 9.97 Å². The van der Waals surface area contributed by atoms with E-state index in [1.54, 1.807) is 0 Å². The molecule has 0 fully saturated rings. The van der Waals surface area contributed by atoms with Gasteiger partial charge in [-0.05, 0) is 120 Å². The fourth-order valence-corrected chi connectivity index (χ4v) is 12.3. The Bertz CT molecular complexity index is 4390. The third kappa shape index (κ3) is 7.58. The van der Waals surface area contributed by atoms with Gasteiger partial charge in [-0.25, -0.2) is 4.98 Å². The van der Waals surface area contributed by atoms with Gasteiger partial charge in [0.1, 0.15) is 0 Å². The number of hydrogen-bond acceptors (Lipinski definition) is 3. The van der Waals surface area contributed by atoms with Crippen LogP contribution in [0.25, 0.3) is 142 Å². The Kier molecular flexibility index (Phi) is 10.4. The fourth-order valence-electron chi connectivity index (χ4n) is 10.9. The average molecular weight is 945 g/mol. The zero-order chi connectivity index (χ0) is 48.2. The van der Waals surface area contributed by atoms with E-state index >= 15 is 0 Å². The summed E-state index contributed by atoms with van der Waals surface area (Å²) in [5.41, 5.74) is 20.2. The van der Waals surface area contributed by atoms with Gasteiger partial charge < -0.3 is 0 Å². The first-order valence-corrected chi connectivity index (χ1v) is 25.7. The van der Waals surface area contributed by atoms with Crippen molar-refractivity contribution in [2.24, 2.45) is 0 Å². The monoisotopic (exact) mass is 944 g/mol. The van der Waals surface area contributed by atoms with E-state index in [0.29, 0.717) is 0 Å². The molecule has 0 saturated heterocycles. The van der Waals surface area contributed by atoms with Crippen LogP contribution < -0.4 is 0 Å². The van der Waals surface area contributed by atoms with Crippen LogP contribution in [0.3, 0.4) is 0 Å². The van der Waals surface area contributed by atoms with Gasteiger partial charge in [0.05, 0.1) is 22.9 Å². The summed E-state index contributed by atoms with van der Waals surface area (Å²) in [6.45, 7) is 0. The summed E-state index contributed by atoms with van der Waals surface area (Å²) in [5.74, 6) is 0. The Labute approximate surface area is 427 Å². The van der Waals surface area contributed by atoms with Crippen LogP contribution in [-0.2, 0) is 0 Å². The maximum absolute atomic E-state index is 5.56. The van der Waals surface area contributed by atoms with Crippen LogP contribution in [-0.4, -0.2) is 9.97 Å². The second-order valence-electron chi connectivity index (χ2n) is 18.8. The first kappa shape index (κ1) is 42.6. The number of hydrogen-bond donors (Lipinski definition) is 0. The molecule has 0 amide bonds. The van der Waals surface area contributed by atoms with Crippen molar-refractivity contribution in [1.82, 2.24) is 9.97 Å². The summed E-state index contributed by atoms with van der Waals surface area (Å²) in [5, 5.41) is 7.02. The highest BCUT2D eigenvalue weighted by molar-refractivity contribution is 7.27. The van der Waals surface area contributed by atoms with Gasteiger partial charge in [0, 0.05) is 47.6 Å². The summed E-state index contributed by atoms with van der Waals surface area (Å²) in [7, 11) is 0. The molecule has 0 bridgehead atoms. The van der Waals surface area contributed by atoms with Crippen LogP contribution in [0.5, 0.6) is 0 Å². The number of rotatable bonds is 8. The third-order valence-electron chi connectivity index (χ3n) is 14.5. The summed E-state index contributed by atoms with van der Waals surface area (Å²) in [6.07, 6.45) is 1.98. The van der Waals surface area contributed by atoms with E-state index in [1.165, 1.54) is 86.6 Å². The molecule has 2 heterocycles. The Morgan fingerprint density at radius 3 is 1.15 bits per heavy atom. The minimum atomic E-state index is 0.841. The second kappa shape index (κ2) is 17.8. The molecule has 0 aliphatic heterocycles. The van der Waals surface area contributed by atoms with E-state index < -0.39 is 0 Å². The van der Waals surface area contributed by atoms with Crippen molar-refractivity contribution in [1.29, 1.82) is 0 Å². The lowest BCUT2D eigenvalue weighted by Gasteiger charge is -2.15. The first-order chi connectivity index (χ1) is 36.2. The maximum atomic E-state index is 5.56. The quantitative estimate of drug-likeness (QED) is 0.142. The predicted octanol–water partition coefficient (Wildman–Crippen LogP) is 19.6. The third-order valence-corrected chi connectivity index (χ3v) is 15.8. The molecule has 73 heavy (non-hydrogen) atoms. The summed E-state index contributed by atoms with van der Waals surface area (Å²) in [6, 6.07) is 94.8. The molecule has 12 aromatic carbocycles. The largest absolute Gasteiger partial charge is 0.252 e. The fraction of sp³-hybridized carbons (Fsp3) is 0. The van der Waals surface area contributed by atoms with Gasteiger partial charge in [-0.2, -0.15) is 0 Å². The number of nitrogens with zero attached hydrogens (tertiary/aromatic N) is 2. The Morgan fingerprint density at radius 1 is 0.233 bits per heavy atom. The molecule has 340 valence electrons. The standard InChI is InChI=1S/C70H44N2S/c1-4-19-45(20-5-1)48-25-16-28-51(37-48)54-40-62(53-30-18-27-50(39-53)47-23-8-3-9-24-47)69-64(42-54)65-43-55(52-29-17-26-49(38-52)46-21-6-2-7-22-46)41-63(70(65)73-69)58-33-10-13-34-59(58)66-44-71-67-60-35-14-11-31-56(60)57-32-12-15-36-61(57)68(67)72-66/h1-44H. The van der Waals surface area contributed by atoms with Crippen LogP contribution >= 0.6 is 11.3 Å². The molecule has 14 aromatic rings. The van der Waals surface area contributed by atoms with Crippen molar-refractivity contribution >= 4 is 64.1 Å². The lowest BCUT2D eigenvalue weighted by Crippen LogP contribution is -1.94. The number of thiophene rings is 1. The van der Waals surface area contributed by atoms with Crippen LogP contribution in [0, 0.1) is 0 Å². The molecule has 14 rings (SSSR count). The summed E-state index contributed by atoms with van der Waals surface area (Å²) in [4.78, 5) is 10.8. The summed E-state index contributed by atoms with van der Waals surface area (Å²) < 4.78 is 2.48. The molecular formula is C70H44N2S. The lowest BCUT2D eigenvalue weighted by atomic mass is 9.90. The number of aromatic nitrogens is 2. The molecule has 2 aromatic heterocycles. The van der Waals surface area contributed by atoms with Crippen molar-refractivity contribution < 1.29 is 0 Å². The van der Waals surface area contributed by atoms with Gasteiger partial charge >= 0.3 is 0 Å². The molecule has 0 aliphatic rings. The van der Waals surface area contributed by atoms with Crippen LogP contribution in [0.4, 0.5) is 0 Å². The molecule has 3 heteroatoms. The molecular weight excluding hydrogens is 901 g/mol. The van der Waals surface area contributed by atoms with Crippen molar-refractivity contribution in [2.75, 3.05) is 0 Å². The topological polar surface area (TPSA) is 25.8 Å². The van der Waals surface area contributed by atoms with Crippen molar-refractivity contribution in [3.8, 4) is 89.1 Å². The van der Waals surface area contributed by atoms with E-state index in [0.717, 1.165) is 55.3 Å². The van der Waals surface area contributed by atoms with Gasteiger partial charge in [-0.3, -0.25) is 4.98 Å². The SMILES string of the molecule is c1ccc(-c2cccc(-c3cc(-c4cccc(-c5ccccc5)c4)c4sc5c(-c6ccccc6-c6cnc7c8ccccc8c8ccccc8c7n6)cc(-c6cccc(-c7ccccc7)c6)cc5c4c3)c2)cc1. The molecule has 0 aliphatic carbocycles. The van der Waals surface area contributed by atoms with Crippen molar-refractivity contribution in [3.05, 3.63) is 267 Å².